The molecule has 0 aliphatic rings. The van der Waals surface area contributed by atoms with Crippen molar-refractivity contribution < 1.29 is 0 Å². The number of benzene rings is 14. The van der Waals surface area contributed by atoms with Gasteiger partial charge in [0.25, 0.3) is 0 Å². The number of aromatic amines is 1. The van der Waals surface area contributed by atoms with Crippen molar-refractivity contribution in [1.29, 1.82) is 0 Å². The summed E-state index contributed by atoms with van der Waals surface area (Å²) in [7, 11) is 0. The van der Waals surface area contributed by atoms with Gasteiger partial charge in [0.1, 0.15) is 0 Å². The summed E-state index contributed by atoms with van der Waals surface area (Å²) < 4.78 is 7.99. The smallest absolute Gasteiger partial charge is 0.187 e. The molecule has 0 aliphatic heterocycles. The molecule has 20 rings (SSSR count). The first kappa shape index (κ1) is 63.0. The van der Waals surface area contributed by atoms with Crippen LogP contribution in [-0.2, 0) is 0 Å². The van der Waals surface area contributed by atoms with E-state index in [2.05, 4.69) is 195 Å². The molecule has 492 valence electrons. The zero-order chi connectivity index (χ0) is 70.3. The molecule has 0 saturated heterocycles. The maximum atomic E-state index is 7.46. The zero-order valence-electron chi connectivity index (χ0n) is 56.1. The Bertz CT molecular complexity index is 6640. The lowest BCUT2D eigenvalue weighted by Gasteiger charge is -2.12. The third-order valence-corrected chi connectivity index (χ3v) is 19.7. The maximum absolute atomic E-state index is 7.46. The highest BCUT2D eigenvalue weighted by molar-refractivity contribution is 9.10. The van der Waals surface area contributed by atoms with Crippen molar-refractivity contribution in [3.05, 3.63) is 367 Å². The summed E-state index contributed by atoms with van der Waals surface area (Å²) in [6.45, 7) is 14.7. The Labute approximate surface area is 611 Å². The van der Waals surface area contributed by atoms with Crippen LogP contribution < -0.4 is 0 Å². The van der Waals surface area contributed by atoms with Crippen LogP contribution in [0.15, 0.2) is 344 Å². The van der Waals surface area contributed by atoms with Gasteiger partial charge in [-0.2, -0.15) is 0 Å². The van der Waals surface area contributed by atoms with Gasteiger partial charge in [0.2, 0.25) is 0 Å². The molecule has 6 aromatic heterocycles. The van der Waals surface area contributed by atoms with Gasteiger partial charge in [-0.05, 0) is 97.1 Å². The molecule has 105 heavy (non-hydrogen) atoms. The Hall–Kier alpha value is -14.2. The average molecular weight is 1410 g/mol. The Balaban J connectivity index is 0.000000124. The lowest BCUT2D eigenvalue weighted by atomic mass is 10.1. The minimum atomic E-state index is 0.621. The van der Waals surface area contributed by atoms with Crippen molar-refractivity contribution in [2.45, 2.75) is 0 Å². The van der Waals surface area contributed by atoms with E-state index in [0.29, 0.717) is 46.3 Å². The summed E-state index contributed by atoms with van der Waals surface area (Å²) in [6, 6.07) is 115. The fourth-order valence-electron chi connectivity index (χ4n) is 14.3. The second kappa shape index (κ2) is 27.0. The Morgan fingerprint density at radius 1 is 0.257 bits per heavy atom. The Kier molecular flexibility index (Phi) is 16.2. The highest BCUT2D eigenvalue weighted by Crippen LogP contribution is 2.44. The minimum absolute atomic E-state index is 0.621. The van der Waals surface area contributed by atoms with Crippen LogP contribution in [0.2, 0.25) is 0 Å². The van der Waals surface area contributed by atoms with Crippen molar-refractivity contribution in [3.63, 3.8) is 0 Å². The number of nitrogens with one attached hydrogen (secondary N) is 1. The molecular formula is C92H57BrN12. The van der Waals surface area contributed by atoms with Gasteiger partial charge in [-0.3, -0.25) is 0 Å². The van der Waals surface area contributed by atoms with E-state index in [1.54, 1.807) is 0 Å². The van der Waals surface area contributed by atoms with Gasteiger partial charge in [-0.1, -0.05) is 259 Å². The van der Waals surface area contributed by atoms with Gasteiger partial charge in [0.15, 0.2) is 46.3 Å². The third kappa shape index (κ3) is 11.6. The van der Waals surface area contributed by atoms with Crippen molar-refractivity contribution >= 4 is 115 Å². The molecule has 0 bridgehead atoms. The van der Waals surface area contributed by atoms with Crippen LogP contribution in [0.1, 0.15) is 0 Å². The van der Waals surface area contributed by atoms with Gasteiger partial charge in [-0.15, -0.1) is 0 Å². The van der Waals surface area contributed by atoms with Gasteiger partial charge < -0.3 is 18.7 Å². The van der Waals surface area contributed by atoms with E-state index in [4.69, 9.17) is 38.1 Å². The average Bonchev–Trinajstić information content (AvgIpc) is 1.55. The molecule has 12 nitrogen and oxygen atoms in total. The van der Waals surface area contributed by atoms with Crippen LogP contribution in [0.4, 0.5) is 11.4 Å². The molecule has 0 unspecified atom stereocenters. The van der Waals surface area contributed by atoms with E-state index < -0.39 is 0 Å². The first-order valence-electron chi connectivity index (χ1n) is 34.3. The van der Waals surface area contributed by atoms with Gasteiger partial charge in [0, 0.05) is 104 Å². The van der Waals surface area contributed by atoms with Crippen LogP contribution in [0.25, 0.3) is 182 Å². The predicted molar refractivity (Wildman–Crippen MR) is 431 cm³/mol. The molecule has 0 spiro atoms. The first-order valence-corrected chi connectivity index (χ1v) is 35.1. The van der Waals surface area contributed by atoms with E-state index >= 15 is 0 Å². The largest absolute Gasteiger partial charge is 0.354 e. The fraction of sp³-hybridized carbons (Fsp3) is 0. The number of H-pyrrole nitrogens is 1. The SMILES string of the molecule is Brc1ccc(-c2nc(-c3ccccc3)nc(-c3ccccc3)n2)cc1.[C-]#[N+]c1ccc(-n2c3ccccc3c3c2ccc2c4ccccc4n(-c4ccc(-c5nc(-c6ccccc6)nc(-c6ccccc6)n5)cc4)c23)cc1.[C-]#[N+]c1ccc(-n2c3ccccc3c3c4[nH]c5ccccc5c4ccc32)cc1. The van der Waals surface area contributed by atoms with Gasteiger partial charge in [0.05, 0.1) is 51.8 Å². The molecule has 0 atom stereocenters. The van der Waals surface area contributed by atoms with Crippen LogP contribution in [0.5, 0.6) is 0 Å². The summed E-state index contributed by atoms with van der Waals surface area (Å²) >= 11 is 3.47. The molecule has 0 aliphatic carbocycles. The van der Waals surface area contributed by atoms with E-state index in [1.165, 1.54) is 54.1 Å². The summed E-state index contributed by atoms with van der Waals surface area (Å²) in [6.07, 6.45) is 0. The Morgan fingerprint density at radius 3 is 1.02 bits per heavy atom. The van der Waals surface area contributed by atoms with Crippen LogP contribution in [0.3, 0.4) is 0 Å². The van der Waals surface area contributed by atoms with Gasteiger partial charge >= 0.3 is 0 Å². The molecule has 1 N–H and O–H groups in total. The third-order valence-electron chi connectivity index (χ3n) is 19.1. The normalized spacial score (nSPS) is 11.3. The van der Waals surface area contributed by atoms with Crippen molar-refractivity contribution in [1.82, 2.24) is 48.6 Å². The molecule has 13 heteroatoms. The summed E-state index contributed by atoms with van der Waals surface area (Å²) in [4.78, 5) is 39.6. The van der Waals surface area contributed by atoms with Crippen LogP contribution >= 0.6 is 15.9 Å². The number of halogens is 1. The molecule has 14 aromatic carbocycles. The number of nitrogens with zero attached hydrogens (tertiary/aromatic N) is 11. The summed E-state index contributed by atoms with van der Waals surface area (Å²) in [5, 5.41) is 9.69. The lowest BCUT2D eigenvalue weighted by molar-refractivity contribution is 1.07. The first-order chi connectivity index (χ1) is 51.9. The molecule has 0 amide bonds. The van der Waals surface area contributed by atoms with E-state index in [0.717, 1.165) is 88.0 Å². The monoisotopic (exact) mass is 1410 g/mol. The highest BCUT2D eigenvalue weighted by Gasteiger charge is 2.23. The minimum Gasteiger partial charge on any atom is -0.354 e. The number of fused-ring (bicyclic) bond motifs is 14. The number of para-hydroxylation sites is 4. The number of rotatable bonds is 9. The molecule has 0 radical (unpaired) electrons. The van der Waals surface area contributed by atoms with Crippen molar-refractivity contribution in [2.75, 3.05) is 0 Å². The molecule has 0 saturated carbocycles. The lowest BCUT2D eigenvalue weighted by Crippen LogP contribution is -2.00. The topological polar surface area (TPSA) is 117 Å². The van der Waals surface area contributed by atoms with Gasteiger partial charge in [-0.25, -0.2) is 39.6 Å². The number of aromatic nitrogens is 10. The Morgan fingerprint density at radius 2 is 0.581 bits per heavy atom. The van der Waals surface area contributed by atoms with Crippen LogP contribution in [0, 0.1) is 13.1 Å². The number of hydrogen-bond donors (Lipinski definition) is 1. The zero-order valence-corrected chi connectivity index (χ0v) is 57.7. The van der Waals surface area contributed by atoms with Crippen molar-refractivity contribution in [3.8, 4) is 85.4 Å². The molecule has 6 heterocycles. The van der Waals surface area contributed by atoms with Crippen molar-refractivity contribution in [2.24, 2.45) is 0 Å². The van der Waals surface area contributed by atoms with Crippen LogP contribution in [-0.4, -0.2) is 48.6 Å². The fourth-order valence-corrected chi connectivity index (χ4v) is 14.6. The quantitative estimate of drug-likeness (QED) is 0.144. The highest BCUT2D eigenvalue weighted by atomic mass is 79.9. The molecular weight excluding hydrogens is 1350 g/mol. The molecule has 0 fully saturated rings. The maximum Gasteiger partial charge on any atom is 0.187 e. The van der Waals surface area contributed by atoms with E-state index in [9.17, 15) is 0 Å². The van der Waals surface area contributed by atoms with E-state index in [1.807, 2.05) is 194 Å². The summed E-state index contributed by atoms with van der Waals surface area (Å²) in [5.41, 5.74) is 19.3. The second-order valence-corrected chi connectivity index (χ2v) is 26.3. The molecule has 20 aromatic rings. The van der Waals surface area contributed by atoms with E-state index in [-0.39, 0.29) is 0 Å². The standard InChI is InChI=1S/C46H28N6.C25H15N3.C21H14BrN3/c1-47-33-22-26-34(27-23-33)51-40-19-11-9-17-38(40)42-41(51)29-28-37-36-16-8-10-18-39(36)52(43(37)42)35-24-20-32(21-25-35)46-49-44(30-12-4-2-5-13-30)48-45(50-46)31-14-6-3-7-15-31;1-26-16-10-12-17(13-11-16)28-22-9-5-3-7-20(22)24-23(28)15-14-19-18-6-2-4-8-21(18)27-25(19)24;22-18-13-11-17(12-14-18)21-24-19(15-7-3-1-4-8-15)23-20(25-21)16-9-5-2-6-10-16/h2-29H;2-15,27H;1-14H. The second-order valence-electron chi connectivity index (χ2n) is 25.4. The number of hydrogen-bond acceptors (Lipinski definition) is 6. The summed E-state index contributed by atoms with van der Waals surface area (Å²) in [5.74, 6) is 3.91. The predicted octanol–water partition coefficient (Wildman–Crippen LogP) is 24.2.